The molecule has 0 amide bonds. The van der Waals surface area contributed by atoms with E-state index in [9.17, 15) is 0 Å². The summed E-state index contributed by atoms with van der Waals surface area (Å²) >= 11 is 0. The van der Waals surface area contributed by atoms with Gasteiger partial charge in [0.05, 0.1) is 0 Å². The van der Waals surface area contributed by atoms with E-state index >= 15 is 0 Å². The van der Waals surface area contributed by atoms with Crippen LogP contribution in [0.3, 0.4) is 0 Å². The Kier molecular flexibility index (Phi) is 7.94. The van der Waals surface area contributed by atoms with E-state index in [-0.39, 0.29) is 0 Å². The Hall–Kier alpha value is -1.70. The molecule has 2 unspecified atom stereocenters. The van der Waals surface area contributed by atoms with Crippen LogP contribution in [0.25, 0.3) is 0 Å². The first-order chi connectivity index (χ1) is 11.0. The van der Waals surface area contributed by atoms with Crippen molar-refractivity contribution < 1.29 is 0 Å². The van der Waals surface area contributed by atoms with Crippen molar-refractivity contribution in [2.45, 2.75) is 40.5 Å². The van der Waals surface area contributed by atoms with Gasteiger partial charge in [-0.25, -0.2) is 0 Å². The predicted octanol–water partition coefficient (Wildman–Crippen LogP) is 5.29. The van der Waals surface area contributed by atoms with Crippen LogP contribution < -0.4 is 4.90 Å². The van der Waals surface area contributed by atoms with Crippen molar-refractivity contribution in [2.24, 2.45) is 5.92 Å². The number of nitrogens with zero attached hydrogens (tertiary/aromatic N) is 2. The van der Waals surface area contributed by atoms with Crippen LogP contribution in [-0.2, 0) is 0 Å². The fourth-order valence-corrected chi connectivity index (χ4v) is 2.95. The smallest absolute Gasteiger partial charge is 0.0398 e. The van der Waals surface area contributed by atoms with Gasteiger partial charge in [-0.3, -0.25) is 0 Å². The second kappa shape index (κ2) is 9.44. The summed E-state index contributed by atoms with van der Waals surface area (Å²) in [5, 5.41) is 0. The summed E-state index contributed by atoms with van der Waals surface area (Å²) in [6, 6.07) is 8.80. The zero-order chi connectivity index (χ0) is 17.4. The molecule has 0 spiro atoms. The fraction of sp³-hybridized carbons (Fsp3) is 0.524. The summed E-state index contributed by atoms with van der Waals surface area (Å²) in [5.41, 5.74) is 3.90. The molecule has 1 rings (SSSR count). The molecule has 0 aliphatic carbocycles. The fourth-order valence-electron chi connectivity index (χ4n) is 2.95. The minimum Gasteiger partial charge on any atom is -0.375 e. The Labute approximate surface area is 143 Å². The third kappa shape index (κ3) is 5.16. The third-order valence-corrected chi connectivity index (χ3v) is 4.82. The molecule has 0 heterocycles. The summed E-state index contributed by atoms with van der Waals surface area (Å²) in [6.45, 7) is 18.4. The van der Waals surface area contributed by atoms with Crippen LogP contribution in [0.5, 0.6) is 0 Å². The summed E-state index contributed by atoms with van der Waals surface area (Å²) in [4.78, 5) is 4.70. The predicted molar refractivity (Wildman–Crippen MR) is 104 cm³/mol. The molecule has 2 atom stereocenters. The molecule has 1 aromatic rings. The molecule has 0 aliphatic heterocycles. The van der Waals surface area contributed by atoms with E-state index in [2.05, 4.69) is 87.5 Å². The molecule has 2 nitrogen and oxygen atoms in total. The van der Waals surface area contributed by atoms with E-state index in [0.717, 1.165) is 25.3 Å². The lowest BCUT2D eigenvalue weighted by Gasteiger charge is -2.32. The maximum Gasteiger partial charge on any atom is 0.0398 e. The zero-order valence-corrected chi connectivity index (χ0v) is 15.8. The highest BCUT2D eigenvalue weighted by Gasteiger charge is 2.20. The third-order valence-electron chi connectivity index (χ3n) is 4.82. The van der Waals surface area contributed by atoms with E-state index in [1.54, 1.807) is 0 Å². The van der Waals surface area contributed by atoms with Gasteiger partial charge < -0.3 is 9.80 Å². The lowest BCUT2D eigenvalue weighted by atomic mass is 9.87. The molecule has 0 aliphatic rings. The molecule has 0 radical (unpaired) electrons. The van der Waals surface area contributed by atoms with Crippen LogP contribution >= 0.6 is 0 Å². The Morgan fingerprint density at radius 3 is 2.39 bits per heavy atom. The number of allylic oxidation sites excluding steroid dienone is 2. The van der Waals surface area contributed by atoms with Crippen molar-refractivity contribution >= 4 is 5.69 Å². The van der Waals surface area contributed by atoms with Crippen LogP contribution in [0.2, 0.25) is 0 Å². The normalized spacial score (nSPS) is 13.8. The number of hydrogen-bond donors (Lipinski definition) is 0. The van der Waals surface area contributed by atoms with Gasteiger partial charge >= 0.3 is 0 Å². The highest BCUT2D eigenvalue weighted by atomic mass is 15.1. The van der Waals surface area contributed by atoms with Gasteiger partial charge in [0.1, 0.15) is 0 Å². The van der Waals surface area contributed by atoms with Gasteiger partial charge in [0.25, 0.3) is 0 Å². The molecule has 1 aromatic carbocycles. The van der Waals surface area contributed by atoms with Gasteiger partial charge in [-0.1, -0.05) is 44.7 Å². The monoisotopic (exact) mass is 314 g/mol. The topological polar surface area (TPSA) is 6.48 Å². The number of likely N-dealkylation sites (N-methyl/N-ethyl adjacent to an activating group) is 1. The lowest BCUT2D eigenvalue weighted by Crippen LogP contribution is -2.29. The van der Waals surface area contributed by atoms with Crippen molar-refractivity contribution in [2.75, 3.05) is 31.6 Å². The molecular weight excluding hydrogens is 280 g/mol. The molecule has 128 valence electrons. The van der Waals surface area contributed by atoms with Crippen LogP contribution in [0, 0.1) is 5.92 Å². The van der Waals surface area contributed by atoms with Crippen molar-refractivity contribution in [3.8, 4) is 0 Å². The van der Waals surface area contributed by atoms with E-state index in [1.807, 2.05) is 6.92 Å². The highest BCUT2D eigenvalue weighted by molar-refractivity contribution is 5.54. The van der Waals surface area contributed by atoms with Gasteiger partial charge in [0.2, 0.25) is 0 Å². The maximum absolute atomic E-state index is 4.19. The van der Waals surface area contributed by atoms with E-state index in [0.29, 0.717) is 11.8 Å². The molecular formula is C21H34N2. The first kappa shape index (κ1) is 19.3. The Morgan fingerprint density at radius 1 is 1.17 bits per heavy atom. The van der Waals surface area contributed by atoms with Crippen LogP contribution in [-0.4, -0.2) is 31.6 Å². The number of para-hydroxylation sites is 1. The minimum atomic E-state index is 0.507. The first-order valence-electron chi connectivity index (χ1n) is 8.82. The molecule has 0 saturated carbocycles. The number of benzene rings is 1. The second-order valence-electron chi connectivity index (χ2n) is 6.37. The molecule has 23 heavy (non-hydrogen) atoms. The van der Waals surface area contributed by atoms with Crippen molar-refractivity contribution in [3.63, 3.8) is 0 Å². The van der Waals surface area contributed by atoms with Crippen molar-refractivity contribution in [3.05, 3.63) is 54.3 Å². The number of hydrogen-bond acceptors (Lipinski definition) is 2. The number of anilines is 1. The van der Waals surface area contributed by atoms with Crippen molar-refractivity contribution in [1.82, 2.24) is 4.90 Å². The Bertz CT molecular complexity index is 518. The Morgan fingerprint density at radius 2 is 1.83 bits per heavy atom. The van der Waals surface area contributed by atoms with Gasteiger partial charge in [-0.05, 0) is 50.3 Å². The lowest BCUT2D eigenvalue weighted by molar-refractivity contribution is 0.295. The van der Waals surface area contributed by atoms with E-state index < -0.39 is 0 Å². The van der Waals surface area contributed by atoms with E-state index in [4.69, 9.17) is 0 Å². The average Bonchev–Trinajstić information content (AvgIpc) is 2.58. The summed E-state index contributed by atoms with van der Waals surface area (Å²) in [5.74, 6) is 1.07. The summed E-state index contributed by atoms with van der Waals surface area (Å²) < 4.78 is 0. The van der Waals surface area contributed by atoms with Crippen LogP contribution in [0.15, 0.2) is 48.7 Å². The minimum absolute atomic E-state index is 0.507. The maximum atomic E-state index is 4.19. The quantitative estimate of drug-likeness (QED) is 0.571. The summed E-state index contributed by atoms with van der Waals surface area (Å²) in [7, 11) is 2.17. The molecule has 0 aromatic heterocycles. The zero-order valence-electron chi connectivity index (χ0n) is 15.8. The van der Waals surface area contributed by atoms with Crippen molar-refractivity contribution in [1.29, 1.82) is 0 Å². The van der Waals surface area contributed by atoms with Gasteiger partial charge in [-0.15, -0.1) is 0 Å². The van der Waals surface area contributed by atoms with Crippen LogP contribution in [0.1, 0.15) is 46.1 Å². The van der Waals surface area contributed by atoms with Gasteiger partial charge in [0, 0.05) is 38.1 Å². The van der Waals surface area contributed by atoms with Gasteiger partial charge in [0.15, 0.2) is 0 Å². The molecule has 0 N–H and O–H groups in total. The largest absolute Gasteiger partial charge is 0.375 e. The standard InChI is InChI=1S/C21H34N2/c1-8-13-18(5)23(10-3)16-17(4)19(6)20-14-11-12-15-21(20)22(7)9-2/h8,11-15,17,19H,5,9-10,16H2,1-4,6-7H3/b13-8-. The molecule has 0 fully saturated rings. The molecule has 2 heteroatoms. The van der Waals surface area contributed by atoms with Crippen LogP contribution in [0.4, 0.5) is 5.69 Å². The summed E-state index contributed by atoms with van der Waals surface area (Å²) in [6.07, 6.45) is 4.16. The highest BCUT2D eigenvalue weighted by Crippen LogP contribution is 2.32. The number of rotatable bonds is 9. The second-order valence-corrected chi connectivity index (χ2v) is 6.37. The molecule has 0 bridgehead atoms. The first-order valence-corrected chi connectivity index (χ1v) is 8.82. The van der Waals surface area contributed by atoms with Gasteiger partial charge in [-0.2, -0.15) is 0 Å². The van der Waals surface area contributed by atoms with E-state index in [1.165, 1.54) is 11.3 Å². The SMILES string of the molecule is C=C(/C=C\C)N(CC)CC(C)C(C)c1ccccc1N(C)CC. The Balaban J connectivity index is 2.92. The average molecular weight is 315 g/mol. The molecule has 0 saturated heterocycles.